The lowest BCUT2D eigenvalue weighted by Crippen LogP contribution is -2.61. The van der Waals surface area contributed by atoms with Gasteiger partial charge in [0.25, 0.3) is 6.71 Å². The highest BCUT2D eigenvalue weighted by molar-refractivity contribution is 7.00. The lowest BCUT2D eigenvalue weighted by atomic mass is 9.33. The molecular formula is C65H63BN2. The van der Waals surface area contributed by atoms with E-state index in [0.717, 1.165) is 0 Å². The van der Waals surface area contributed by atoms with Crippen molar-refractivity contribution in [3.63, 3.8) is 0 Å². The lowest BCUT2D eigenvalue weighted by Gasteiger charge is -2.45. The second-order valence-electron chi connectivity index (χ2n) is 24.2. The van der Waals surface area contributed by atoms with Gasteiger partial charge in [-0.3, -0.25) is 0 Å². The summed E-state index contributed by atoms with van der Waals surface area (Å²) in [5.41, 5.74) is 27.0. The van der Waals surface area contributed by atoms with Crippen molar-refractivity contribution in [2.24, 2.45) is 0 Å². The first-order chi connectivity index (χ1) is 32.3. The minimum Gasteiger partial charge on any atom is -0.311 e. The third kappa shape index (κ3) is 6.03. The Labute approximate surface area is 405 Å². The SMILES string of the molecule is CC(C)(C)c1cc(N2c3cc(C(C)(C)C)ccc3B3c4ccccc4N(c4ccc5c(c4)-c4ccccc4C54c5ccccc5-c5ccccc54)c4cc(C(C)(C)C)cc2c43)cc(C(C)(C)C)c1. The molecule has 3 heteroatoms. The van der Waals surface area contributed by atoms with Crippen LogP contribution in [0.1, 0.15) is 128 Å². The first-order valence-electron chi connectivity index (χ1n) is 24.9. The van der Waals surface area contributed by atoms with Crippen LogP contribution in [-0.4, -0.2) is 6.71 Å². The molecule has 4 aliphatic rings. The molecule has 0 atom stereocenters. The molecule has 0 unspecified atom stereocenters. The van der Waals surface area contributed by atoms with Crippen LogP contribution in [-0.2, 0) is 27.1 Å². The van der Waals surface area contributed by atoms with Crippen LogP contribution in [0.2, 0.25) is 0 Å². The number of rotatable bonds is 2. The van der Waals surface area contributed by atoms with Crippen molar-refractivity contribution in [2.75, 3.05) is 9.80 Å². The number of hydrogen-bond acceptors (Lipinski definition) is 2. The molecule has 1 spiro atoms. The van der Waals surface area contributed by atoms with Crippen LogP contribution in [0, 0.1) is 0 Å². The summed E-state index contributed by atoms with van der Waals surface area (Å²) in [6.45, 7) is 28.3. The molecule has 0 saturated carbocycles. The van der Waals surface area contributed by atoms with E-state index in [1.54, 1.807) is 0 Å². The number of benzene rings is 8. The summed E-state index contributed by atoms with van der Waals surface area (Å²) in [5.74, 6) is 0. The molecule has 12 rings (SSSR count). The Bertz CT molecular complexity index is 3340. The lowest BCUT2D eigenvalue weighted by molar-refractivity contribution is 0.569. The molecule has 8 aromatic carbocycles. The Morgan fingerprint density at radius 1 is 0.324 bits per heavy atom. The highest BCUT2D eigenvalue weighted by Gasteiger charge is 2.52. The monoisotopic (exact) mass is 883 g/mol. The number of hydrogen-bond donors (Lipinski definition) is 0. The highest BCUT2D eigenvalue weighted by atomic mass is 15.2. The molecule has 0 saturated heterocycles. The summed E-state index contributed by atoms with van der Waals surface area (Å²) in [6.07, 6.45) is 0. The van der Waals surface area contributed by atoms with Gasteiger partial charge in [-0.05, 0) is 153 Å². The van der Waals surface area contributed by atoms with Gasteiger partial charge in [0, 0.05) is 34.1 Å². The van der Waals surface area contributed by atoms with Gasteiger partial charge in [0.2, 0.25) is 0 Å². The van der Waals surface area contributed by atoms with Gasteiger partial charge in [-0.15, -0.1) is 0 Å². The van der Waals surface area contributed by atoms with E-state index >= 15 is 0 Å². The van der Waals surface area contributed by atoms with E-state index in [9.17, 15) is 0 Å². The highest BCUT2D eigenvalue weighted by Crippen LogP contribution is 2.63. The summed E-state index contributed by atoms with van der Waals surface area (Å²) in [7, 11) is 0. The fourth-order valence-electron chi connectivity index (χ4n) is 12.2. The second-order valence-corrected chi connectivity index (χ2v) is 24.2. The smallest absolute Gasteiger partial charge is 0.252 e. The van der Waals surface area contributed by atoms with Crippen molar-refractivity contribution >= 4 is 57.2 Å². The number of nitrogens with zero attached hydrogens (tertiary/aromatic N) is 2. The van der Waals surface area contributed by atoms with Crippen LogP contribution in [0.4, 0.5) is 34.1 Å². The molecular weight excluding hydrogens is 820 g/mol. The number of anilines is 6. The van der Waals surface area contributed by atoms with E-state index in [-0.39, 0.29) is 28.4 Å². The van der Waals surface area contributed by atoms with Crippen LogP contribution in [0.3, 0.4) is 0 Å². The largest absolute Gasteiger partial charge is 0.311 e. The molecule has 0 aromatic heterocycles. The zero-order chi connectivity index (χ0) is 47.4. The van der Waals surface area contributed by atoms with Gasteiger partial charge in [0.05, 0.1) is 5.41 Å². The summed E-state index contributed by atoms with van der Waals surface area (Å²) < 4.78 is 0. The molecule has 0 amide bonds. The first-order valence-corrected chi connectivity index (χ1v) is 24.9. The van der Waals surface area contributed by atoms with Crippen molar-refractivity contribution in [1.82, 2.24) is 0 Å². The van der Waals surface area contributed by atoms with Crippen molar-refractivity contribution in [3.05, 3.63) is 208 Å². The predicted octanol–water partition coefficient (Wildman–Crippen LogP) is 15.3. The van der Waals surface area contributed by atoms with Crippen molar-refractivity contribution in [2.45, 2.75) is 110 Å². The van der Waals surface area contributed by atoms with E-state index in [4.69, 9.17) is 0 Å². The number of fused-ring (bicyclic) bond motifs is 14. The van der Waals surface area contributed by atoms with E-state index < -0.39 is 5.41 Å². The molecule has 2 heterocycles. The van der Waals surface area contributed by atoms with Crippen molar-refractivity contribution in [1.29, 1.82) is 0 Å². The Morgan fingerprint density at radius 3 is 1.29 bits per heavy atom. The summed E-state index contributed by atoms with van der Waals surface area (Å²) >= 11 is 0. The minimum absolute atomic E-state index is 0.0298. The minimum atomic E-state index is -0.391. The van der Waals surface area contributed by atoms with Crippen molar-refractivity contribution in [3.8, 4) is 22.3 Å². The molecule has 0 fully saturated rings. The maximum atomic E-state index is 2.66. The number of para-hydroxylation sites is 1. The van der Waals surface area contributed by atoms with Crippen LogP contribution in [0.25, 0.3) is 22.3 Å². The zero-order valence-electron chi connectivity index (χ0n) is 42.1. The molecule has 2 aliphatic heterocycles. The first kappa shape index (κ1) is 42.8. The fraction of sp³-hybridized carbons (Fsp3) is 0.262. The maximum Gasteiger partial charge on any atom is 0.252 e. The third-order valence-corrected chi connectivity index (χ3v) is 15.9. The molecule has 0 radical (unpaired) electrons. The van der Waals surface area contributed by atoms with E-state index in [1.165, 1.54) is 117 Å². The van der Waals surface area contributed by atoms with Crippen LogP contribution < -0.4 is 26.2 Å². The van der Waals surface area contributed by atoms with Crippen LogP contribution in [0.5, 0.6) is 0 Å². The average Bonchev–Trinajstić information content (AvgIpc) is 3.77. The Kier molecular flexibility index (Phi) is 8.95. The molecule has 336 valence electrons. The Balaban J connectivity index is 1.16. The molecule has 2 nitrogen and oxygen atoms in total. The van der Waals surface area contributed by atoms with Gasteiger partial charge in [0.15, 0.2) is 0 Å². The molecule has 0 bridgehead atoms. The zero-order valence-corrected chi connectivity index (χ0v) is 42.1. The van der Waals surface area contributed by atoms with E-state index in [1.807, 2.05) is 0 Å². The van der Waals surface area contributed by atoms with Gasteiger partial charge in [-0.25, -0.2) is 0 Å². The quantitative estimate of drug-likeness (QED) is 0.160. The fourth-order valence-corrected chi connectivity index (χ4v) is 12.2. The van der Waals surface area contributed by atoms with Crippen LogP contribution >= 0.6 is 0 Å². The normalized spacial score (nSPS) is 15.1. The summed E-state index contributed by atoms with van der Waals surface area (Å²) in [4.78, 5) is 5.27. The van der Waals surface area contributed by atoms with Gasteiger partial charge in [0.1, 0.15) is 0 Å². The molecule has 0 N–H and O–H groups in total. The van der Waals surface area contributed by atoms with Gasteiger partial charge in [-0.2, -0.15) is 0 Å². The second kappa shape index (κ2) is 14.2. The van der Waals surface area contributed by atoms with Gasteiger partial charge < -0.3 is 9.80 Å². The summed E-state index contributed by atoms with van der Waals surface area (Å²) in [6, 6.07) is 64.0. The Hall–Kier alpha value is -6.58. The maximum absolute atomic E-state index is 2.66. The van der Waals surface area contributed by atoms with Gasteiger partial charge >= 0.3 is 0 Å². The van der Waals surface area contributed by atoms with E-state index in [2.05, 4.69) is 257 Å². The standard InChI is InChI=1S/C65H63BN2/c1-61(2,3)40-29-32-55-57(36-40)68(45-34-41(62(4,5)6)33-42(35-45)63(7,8)9)59-38-43(64(10,11)12)37-58-60(59)66(55)54-27-19-20-28-56(54)67(58)44-30-31-53-49(39-44)48-23-15-18-26-52(48)65(53)50-24-16-13-21-46(50)47-22-14-17-25-51(47)65/h13-39H,1-12H3. The van der Waals surface area contributed by atoms with Crippen molar-refractivity contribution < 1.29 is 0 Å². The molecule has 2 aliphatic carbocycles. The molecule has 8 aromatic rings. The summed E-state index contributed by atoms with van der Waals surface area (Å²) in [5, 5.41) is 0. The third-order valence-electron chi connectivity index (χ3n) is 15.9. The van der Waals surface area contributed by atoms with E-state index in [0.29, 0.717) is 0 Å². The molecule has 68 heavy (non-hydrogen) atoms. The predicted molar refractivity (Wildman–Crippen MR) is 292 cm³/mol. The van der Waals surface area contributed by atoms with Gasteiger partial charge in [-0.1, -0.05) is 198 Å². The average molecular weight is 883 g/mol. The van der Waals surface area contributed by atoms with Crippen LogP contribution in [0.15, 0.2) is 164 Å². The topological polar surface area (TPSA) is 6.48 Å². The Morgan fingerprint density at radius 2 is 0.750 bits per heavy atom.